The summed E-state index contributed by atoms with van der Waals surface area (Å²) in [5.41, 5.74) is 7.54. The molecule has 0 radical (unpaired) electrons. The van der Waals surface area contributed by atoms with Gasteiger partial charge in [0.2, 0.25) is 0 Å². The number of rotatable bonds is 5. The Labute approximate surface area is 321 Å². The number of hydrogen-bond donors (Lipinski definition) is 0. The summed E-state index contributed by atoms with van der Waals surface area (Å²) in [4.78, 5) is 15.5. The van der Waals surface area contributed by atoms with Crippen LogP contribution < -0.4 is 0 Å². The third-order valence-electron chi connectivity index (χ3n) is 10.7. The Kier molecular flexibility index (Phi) is 7.35. The van der Waals surface area contributed by atoms with Gasteiger partial charge in [0, 0.05) is 36.9 Å². The quantitative estimate of drug-likeness (QED) is 0.166. The van der Waals surface area contributed by atoms with Crippen LogP contribution in [0.5, 0.6) is 0 Å². The van der Waals surface area contributed by atoms with Crippen LogP contribution in [0.1, 0.15) is 0 Å². The molecule has 0 aliphatic rings. The maximum atomic E-state index is 5.22. The third-order valence-corrected chi connectivity index (χ3v) is 11.8. The highest BCUT2D eigenvalue weighted by Gasteiger charge is 2.18. The van der Waals surface area contributed by atoms with Crippen molar-refractivity contribution in [2.75, 3.05) is 0 Å². The van der Waals surface area contributed by atoms with E-state index in [2.05, 4.69) is 164 Å². The molecule has 0 aliphatic carbocycles. The Bertz CT molecular complexity index is 3220. The van der Waals surface area contributed by atoms with Gasteiger partial charge in [0.25, 0.3) is 0 Å². The Balaban J connectivity index is 1.10. The number of hydrogen-bond acceptors (Lipinski definition) is 4. The van der Waals surface area contributed by atoms with Gasteiger partial charge >= 0.3 is 0 Å². The lowest BCUT2D eigenvalue weighted by Gasteiger charge is -2.12. The largest absolute Gasteiger partial charge is 0.208 e. The zero-order valence-electron chi connectivity index (χ0n) is 29.6. The van der Waals surface area contributed by atoms with Crippen LogP contribution in [0.25, 0.3) is 109 Å². The monoisotopic (exact) mass is 717 g/mol. The van der Waals surface area contributed by atoms with Gasteiger partial charge in [-0.3, -0.25) is 0 Å². The Morgan fingerprint density at radius 3 is 1.47 bits per heavy atom. The highest BCUT2D eigenvalue weighted by Crippen LogP contribution is 2.43. The van der Waals surface area contributed by atoms with Gasteiger partial charge in [-0.15, -0.1) is 11.3 Å². The van der Waals surface area contributed by atoms with E-state index in [1.54, 1.807) is 0 Å². The van der Waals surface area contributed by atoms with E-state index < -0.39 is 0 Å². The minimum atomic E-state index is 0.648. The lowest BCUT2D eigenvalue weighted by atomic mass is 9.92. The van der Waals surface area contributed by atoms with Crippen molar-refractivity contribution < 1.29 is 0 Å². The number of aromatic nitrogens is 3. The molecule has 0 unspecified atom stereocenters. The maximum Gasteiger partial charge on any atom is 0.164 e. The van der Waals surface area contributed by atoms with Crippen LogP contribution in [0.2, 0.25) is 0 Å². The third kappa shape index (κ3) is 5.38. The zero-order valence-corrected chi connectivity index (χ0v) is 30.5. The number of nitrogens with zero attached hydrogens (tertiary/aromatic N) is 3. The van der Waals surface area contributed by atoms with Gasteiger partial charge in [-0.05, 0) is 84.9 Å². The first-order valence-corrected chi connectivity index (χ1v) is 19.3. The van der Waals surface area contributed by atoms with Gasteiger partial charge < -0.3 is 0 Å². The van der Waals surface area contributed by atoms with Crippen LogP contribution in [0, 0.1) is 0 Å². The molecule has 0 saturated heterocycles. The van der Waals surface area contributed by atoms with E-state index >= 15 is 0 Å². The van der Waals surface area contributed by atoms with Crippen LogP contribution in [-0.4, -0.2) is 15.0 Å². The summed E-state index contributed by atoms with van der Waals surface area (Å²) >= 11 is 1.81. The SMILES string of the molecule is c1ccc(-c2cccc(-c3nc(-c4ccccc4)nc(-c4cccc5sc6ccc(-c7ccc8c9ccccc9c9ccccc9c8c7)cc6c45)n3)c2)cc1. The molecule has 3 nitrogen and oxygen atoms in total. The Morgan fingerprint density at radius 2 is 0.764 bits per heavy atom. The van der Waals surface area contributed by atoms with Crippen molar-refractivity contribution in [2.45, 2.75) is 0 Å². The topological polar surface area (TPSA) is 38.7 Å². The molecule has 11 rings (SSSR count). The highest BCUT2D eigenvalue weighted by molar-refractivity contribution is 7.26. The highest BCUT2D eigenvalue weighted by atomic mass is 32.1. The number of benzene rings is 9. The van der Waals surface area contributed by atoms with Crippen molar-refractivity contribution in [1.82, 2.24) is 15.0 Å². The molecule has 0 spiro atoms. The minimum Gasteiger partial charge on any atom is -0.208 e. The molecule has 2 heterocycles. The number of thiophene rings is 1. The Hall–Kier alpha value is -7.01. The second kappa shape index (κ2) is 12.8. The summed E-state index contributed by atoms with van der Waals surface area (Å²) < 4.78 is 2.44. The van der Waals surface area contributed by atoms with E-state index in [1.807, 2.05) is 35.6 Å². The van der Waals surface area contributed by atoms with Crippen molar-refractivity contribution in [2.24, 2.45) is 0 Å². The smallest absolute Gasteiger partial charge is 0.164 e. The van der Waals surface area contributed by atoms with Crippen LogP contribution >= 0.6 is 11.3 Å². The average molecular weight is 718 g/mol. The van der Waals surface area contributed by atoms with E-state index in [-0.39, 0.29) is 0 Å². The molecule has 9 aromatic carbocycles. The molecule has 0 atom stereocenters. The Morgan fingerprint density at radius 1 is 0.273 bits per heavy atom. The molecule has 11 aromatic rings. The first-order chi connectivity index (χ1) is 27.2. The van der Waals surface area contributed by atoms with Gasteiger partial charge in [-0.25, -0.2) is 15.0 Å². The summed E-state index contributed by atoms with van der Waals surface area (Å²) in [6.45, 7) is 0. The minimum absolute atomic E-state index is 0.648. The molecular formula is C51H31N3S. The van der Waals surface area contributed by atoms with E-state index in [9.17, 15) is 0 Å². The second-order valence-corrected chi connectivity index (χ2v) is 15.0. The normalized spacial score (nSPS) is 11.6. The predicted octanol–water partition coefficient (Wildman–Crippen LogP) is 14.0. The lowest BCUT2D eigenvalue weighted by Crippen LogP contribution is -2.00. The van der Waals surface area contributed by atoms with Crippen molar-refractivity contribution in [1.29, 1.82) is 0 Å². The van der Waals surface area contributed by atoms with E-state index in [1.165, 1.54) is 58.2 Å². The molecule has 0 N–H and O–H groups in total. The molecule has 0 saturated carbocycles. The van der Waals surface area contributed by atoms with E-state index in [4.69, 9.17) is 15.0 Å². The van der Waals surface area contributed by atoms with Crippen LogP contribution in [0.4, 0.5) is 0 Å². The summed E-state index contributed by atoms with van der Waals surface area (Å²) in [5.74, 6) is 1.96. The van der Waals surface area contributed by atoms with Crippen LogP contribution in [0.3, 0.4) is 0 Å². The average Bonchev–Trinajstić information content (AvgIpc) is 3.65. The second-order valence-electron chi connectivity index (χ2n) is 14.0. The fourth-order valence-electron chi connectivity index (χ4n) is 8.09. The summed E-state index contributed by atoms with van der Waals surface area (Å²) in [7, 11) is 0. The van der Waals surface area contributed by atoms with Crippen LogP contribution in [-0.2, 0) is 0 Å². The first-order valence-electron chi connectivity index (χ1n) is 18.5. The maximum absolute atomic E-state index is 5.22. The molecule has 0 aliphatic heterocycles. The molecule has 4 heteroatoms. The van der Waals surface area contributed by atoms with E-state index in [0.29, 0.717) is 17.5 Å². The van der Waals surface area contributed by atoms with Gasteiger partial charge in [-0.1, -0.05) is 158 Å². The standard InChI is InChI=1S/C51H31N3S/c1-3-13-32(14-4-1)34-17-11-18-37(29-34)50-52-49(33-15-5-2-6-16-33)53-51(54-50)43-23-12-24-47-48(43)45-31-36(26-28-46(45)55-47)35-25-27-42-40-21-8-7-19-38(40)39-20-9-10-22-41(39)44(42)30-35/h1-31H. The summed E-state index contributed by atoms with van der Waals surface area (Å²) in [6, 6.07) is 66.9. The molecule has 0 bridgehead atoms. The fraction of sp³-hybridized carbons (Fsp3) is 0. The predicted molar refractivity (Wildman–Crippen MR) is 232 cm³/mol. The van der Waals surface area contributed by atoms with Gasteiger partial charge in [0.15, 0.2) is 17.5 Å². The van der Waals surface area contributed by atoms with Crippen molar-refractivity contribution >= 4 is 63.8 Å². The molecule has 256 valence electrons. The molecular weight excluding hydrogens is 687 g/mol. The van der Waals surface area contributed by atoms with Gasteiger partial charge in [0.05, 0.1) is 0 Å². The molecule has 55 heavy (non-hydrogen) atoms. The van der Waals surface area contributed by atoms with Crippen molar-refractivity contribution in [3.63, 3.8) is 0 Å². The lowest BCUT2D eigenvalue weighted by molar-refractivity contribution is 1.08. The fourth-order valence-corrected chi connectivity index (χ4v) is 9.20. The van der Waals surface area contributed by atoms with Crippen LogP contribution in [0.15, 0.2) is 188 Å². The zero-order chi connectivity index (χ0) is 36.3. The first kappa shape index (κ1) is 31.5. The molecule has 2 aromatic heterocycles. The van der Waals surface area contributed by atoms with Gasteiger partial charge in [-0.2, -0.15) is 0 Å². The van der Waals surface area contributed by atoms with Gasteiger partial charge in [0.1, 0.15) is 0 Å². The summed E-state index contributed by atoms with van der Waals surface area (Å²) in [6.07, 6.45) is 0. The summed E-state index contributed by atoms with van der Waals surface area (Å²) in [5, 5.41) is 10.0. The van der Waals surface area contributed by atoms with Crippen molar-refractivity contribution in [3.8, 4) is 56.4 Å². The van der Waals surface area contributed by atoms with E-state index in [0.717, 1.165) is 33.2 Å². The van der Waals surface area contributed by atoms with Crippen molar-refractivity contribution in [3.05, 3.63) is 188 Å². The number of fused-ring (bicyclic) bond motifs is 9. The molecule has 0 amide bonds. The molecule has 0 fully saturated rings.